The van der Waals surface area contributed by atoms with E-state index in [1.165, 1.54) is 0 Å². The van der Waals surface area contributed by atoms with Crippen molar-refractivity contribution >= 4 is 36.4 Å². The molecule has 0 unspecified atom stereocenters. The lowest BCUT2D eigenvalue weighted by Crippen LogP contribution is -1.98. The van der Waals surface area contributed by atoms with Crippen LogP contribution in [-0.2, 0) is 9.05 Å². The third-order valence-corrected chi connectivity index (χ3v) is 3.56. The van der Waals surface area contributed by atoms with Gasteiger partial charge in [-0.2, -0.15) is 0 Å². The van der Waals surface area contributed by atoms with Gasteiger partial charge in [-0.3, -0.25) is 0 Å². The molecule has 0 spiro atoms. The molecule has 0 saturated heterocycles. The van der Waals surface area contributed by atoms with Gasteiger partial charge in [-0.15, -0.1) is 0 Å². The predicted octanol–water partition coefficient (Wildman–Crippen LogP) is 1.91. The first-order valence-corrected chi connectivity index (χ1v) is 6.75. The van der Waals surface area contributed by atoms with Crippen molar-refractivity contribution < 1.29 is 17.9 Å². The van der Waals surface area contributed by atoms with Crippen LogP contribution in [0.3, 0.4) is 0 Å². The van der Waals surface area contributed by atoms with E-state index in [2.05, 4.69) is 4.98 Å². The maximum absolute atomic E-state index is 11.2. The average Bonchev–Trinajstić information content (AvgIpc) is 2.27. The Bertz CT molecular complexity index is 850. The van der Waals surface area contributed by atoms with Gasteiger partial charge >= 0.3 is 11.3 Å². The van der Waals surface area contributed by atoms with Gasteiger partial charge in [0.25, 0.3) is 9.05 Å². The smallest absolute Gasteiger partial charge is 0.501 e. The molecule has 1 heterocycles. The molecule has 0 amide bonds. The summed E-state index contributed by atoms with van der Waals surface area (Å²) in [6.07, 6.45) is 0. The van der Waals surface area contributed by atoms with Crippen LogP contribution in [0.1, 0.15) is 0 Å². The highest BCUT2D eigenvalue weighted by atomic mass is 35.7. The minimum Gasteiger partial charge on any atom is -0.501 e. The number of rotatable bonds is 1. The Kier molecular flexibility index (Phi) is 2.73. The first-order valence-electron chi connectivity index (χ1n) is 4.44. The second-order valence-electron chi connectivity index (χ2n) is 3.28. The molecular weight excluding hydrogens is 284 g/mol. The second-order valence-corrected chi connectivity index (χ2v) is 5.85. The Morgan fingerprint density at radius 2 is 2.06 bits per heavy atom. The van der Waals surface area contributed by atoms with Crippen molar-refractivity contribution in [3.8, 4) is 5.75 Å². The number of nitrogens with zero attached hydrogens (tertiary/aromatic N) is 2. The van der Waals surface area contributed by atoms with Crippen LogP contribution in [-0.4, -0.2) is 13.5 Å². The molecule has 1 aromatic heterocycles. The van der Waals surface area contributed by atoms with E-state index in [1.54, 1.807) is 0 Å². The van der Waals surface area contributed by atoms with E-state index in [4.69, 9.17) is 20.5 Å². The topological polar surface area (TPSA) is 113 Å². The molecule has 0 bridgehead atoms. The quantitative estimate of drug-likeness (QED) is 0.487. The van der Waals surface area contributed by atoms with Gasteiger partial charge in [0.1, 0.15) is 5.58 Å². The highest BCUT2D eigenvalue weighted by Gasteiger charge is 2.26. The van der Waals surface area contributed by atoms with Crippen molar-refractivity contribution in [3.63, 3.8) is 0 Å². The summed E-state index contributed by atoms with van der Waals surface area (Å²) in [6.45, 7) is 0. The SMILES string of the molecule is N#[N+]c1c(O)c2cc(S(=O)(=O)Cl)ccc2oc1=O. The summed E-state index contributed by atoms with van der Waals surface area (Å²) in [4.78, 5) is 13.5. The molecule has 92 valence electrons. The van der Waals surface area contributed by atoms with E-state index < -0.39 is 26.1 Å². The van der Waals surface area contributed by atoms with E-state index in [0.29, 0.717) is 0 Å². The maximum Gasteiger partial charge on any atom is 0.510 e. The van der Waals surface area contributed by atoms with Crippen molar-refractivity contribution in [2.24, 2.45) is 0 Å². The number of hydrogen-bond donors (Lipinski definition) is 1. The molecule has 0 aliphatic carbocycles. The van der Waals surface area contributed by atoms with Crippen molar-refractivity contribution in [2.45, 2.75) is 4.90 Å². The number of aromatic hydroxyl groups is 1. The number of fused-ring (bicyclic) bond motifs is 1. The summed E-state index contributed by atoms with van der Waals surface area (Å²) in [5.74, 6) is -0.689. The number of hydrogen-bond acceptors (Lipinski definition) is 6. The predicted molar refractivity (Wildman–Crippen MR) is 61.9 cm³/mol. The summed E-state index contributed by atoms with van der Waals surface area (Å²) in [6, 6.07) is 3.28. The fourth-order valence-corrected chi connectivity index (χ4v) is 2.17. The lowest BCUT2D eigenvalue weighted by molar-refractivity contribution is 0.472. The average molecular weight is 288 g/mol. The third kappa shape index (κ3) is 1.90. The summed E-state index contributed by atoms with van der Waals surface area (Å²) in [5.41, 5.74) is -1.83. The van der Waals surface area contributed by atoms with Crippen LogP contribution >= 0.6 is 10.7 Å². The van der Waals surface area contributed by atoms with Gasteiger partial charge in [0.2, 0.25) is 11.1 Å². The maximum atomic E-state index is 11.2. The summed E-state index contributed by atoms with van der Waals surface area (Å²) < 4.78 is 27.0. The van der Waals surface area contributed by atoms with Gasteiger partial charge in [0.15, 0.2) is 4.98 Å². The van der Waals surface area contributed by atoms with E-state index in [0.717, 1.165) is 18.2 Å². The standard InChI is InChI=1S/C9H3ClN2O5S/c10-18(15,16)4-1-2-6-5(3-4)8(13)7(12-11)9(14)17-6/h1-3H/p+1. The Labute approximate surface area is 104 Å². The Morgan fingerprint density at radius 3 is 2.61 bits per heavy atom. The lowest BCUT2D eigenvalue weighted by Gasteiger charge is -1.99. The van der Waals surface area contributed by atoms with E-state index in [-0.39, 0.29) is 15.9 Å². The summed E-state index contributed by atoms with van der Waals surface area (Å²) in [5, 5.41) is 18.1. The van der Waals surface area contributed by atoms with Crippen molar-refractivity contribution in [3.05, 3.63) is 33.6 Å². The molecule has 1 aromatic carbocycles. The molecule has 18 heavy (non-hydrogen) atoms. The first-order chi connectivity index (χ1) is 8.34. The highest BCUT2D eigenvalue weighted by molar-refractivity contribution is 8.13. The molecule has 1 N–H and O–H groups in total. The minimum atomic E-state index is -3.99. The van der Waals surface area contributed by atoms with Crippen LogP contribution in [0.4, 0.5) is 5.69 Å². The molecule has 0 atom stereocenters. The molecule has 0 aliphatic rings. The Morgan fingerprint density at radius 1 is 1.39 bits per heavy atom. The monoisotopic (exact) mass is 287 g/mol. The summed E-state index contributed by atoms with van der Waals surface area (Å²) in [7, 11) is 1.15. The third-order valence-electron chi connectivity index (χ3n) is 2.21. The van der Waals surface area contributed by atoms with Gasteiger partial charge in [0.05, 0.1) is 10.3 Å². The van der Waals surface area contributed by atoms with E-state index in [1.807, 2.05) is 0 Å². The second kappa shape index (κ2) is 3.97. The van der Waals surface area contributed by atoms with Crippen LogP contribution in [0.2, 0.25) is 0 Å². The van der Waals surface area contributed by atoms with Crippen LogP contribution in [0.15, 0.2) is 32.3 Å². The van der Waals surface area contributed by atoms with Gasteiger partial charge in [-0.05, 0) is 18.2 Å². The molecule has 2 aromatic rings. The zero-order valence-electron chi connectivity index (χ0n) is 8.49. The highest BCUT2D eigenvalue weighted by Crippen LogP contribution is 2.33. The summed E-state index contributed by atoms with van der Waals surface area (Å²) >= 11 is 0. The first kappa shape index (κ1) is 12.3. The van der Waals surface area contributed by atoms with Crippen molar-refractivity contribution in [1.29, 1.82) is 5.39 Å². The van der Waals surface area contributed by atoms with E-state index >= 15 is 0 Å². The van der Waals surface area contributed by atoms with Crippen LogP contribution in [0.5, 0.6) is 5.75 Å². The zero-order chi connectivity index (χ0) is 13.5. The van der Waals surface area contributed by atoms with Crippen molar-refractivity contribution in [1.82, 2.24) is 0 Å². The molecule has 0 radical (unpaired) electrons. The Balaban J connectivity index is 2.95. The van der Waals surface area contributed by atoms with Crippen LogP contribution in [0.25, 0.3) is 15.9 Å². The van der Waals surface area contributed by atoms with Gasteiger partial charge in [-0.25, -0.2) is 13.2 Å². The molecule has 0 fully saturated rings. The fourth-order valence-electron chi connectivity index (χ4n) is 1.40. The number of diazo groups is 1. The van der Waals surface area contributed by atoms with Crippen molar-refractivity contribution in [2.75, 3.05) is 0 Å². The molecule has 9 heteroatoms. The largest absolute Gasteiger partial charge is 0.510 e. The van der Waals surface area contributed by atoms with Gasteiger partial charge in [-0.1, -0.05) is 0 Å². The molecular formula is C9H4ClN2O5S+. The fraction of sp³-hybridized carbons (Fsp3) is 0. The van der Waals surface area contributed by atoms with Gasteiger partial charge < -0.3 is 9.52 Å². The number of benzene rings is 1. The van der Waals surface area contributed by atoms with Gasteiger partial charge in [0, 0.05) is 10.7 Å². The van der Waals surface area contributed by atoms with Crippen LogP contribution in [0, 0.1) is 5.39 Å². The molecule has 0 saturated carbocycles. The molecule has 2 rings (SSSR count). The molecule has 0 aliphatic heterocycles. The van der Waals surface area contributed by atoms with E-state index in [9.17, 15) is 18.3 Å². The number of halogens is 1. The molecule has 7 nitrogen and oxygen atoms in total. The lowest BCUT2D eigenvalue weighted by atomic mass is 10.2. The van der Waals surface area contributed by atoms with Crippen LogP contribution < -0.4 is 5.63 Å². The zero-order valence-corrected chi connectivity index (χ0v) is 10.1. The Hall–Kier alpha value is -2.11. The minimum absolute atomic E-state index is 0.0611. The normalized spacial score (nSPS) is 11.3.